The lowest BCUT2D eigenvalue weighted by Gasteiger charge is -2.32. The number of hydrogen-bond acceptors (Lipinski definition) is 5. The highest BCUT2D eigenvalue weighted by Crippen LogP contribution is 2.51. The maximum Gasteiger partial charge on any atom is 0.326 e. The molecular weight excluding hydrogens is 392 g/mol. The minimum absolute atomic E-state index is 0.279. The molecule has 0 spiro atoms. The van der Waals surface area contributed by atoms with Crippen LogP contribution in [0.4, 0.5) is 5.69 Å². The summed E-state index contributed by atoms with van der Waals surface area (Å²) in [4.78, 5) is 41.7. The number of rotatable bonds is 5. The van der Waals surface area contributed by atoms with Crippen LogP contribution in [0.15, 0.2) is 48.5 Å². The molecule has 31 heavy (non-hydrogen) atoms. The van der Waals surface area contributed by atoms with Crippen LogP contribution in [0.2, 0.25) is 0 Å². The van der Waals surface area contributed by atoms with Crippen LogP contribution in [0.1, 0.15) is 42.5 Å². The number of ether oxygens (including phenoxy) is 1. The van der Waals surface area contributed by atoms with E-state index < -0.39 is 29.4 Å². The predicted octanol–water partition coefficient (Wildman–Crippen LogP) is 3.47. The van der Waals surface area contributed by atoms with Gasteiger partial charge >= 0.3 is 5.97 Å². The Morgan fingerprint density at radius 3 is 2.13 bits per heavy atom. The van der Waals surface area contributed by atoms with Gasteiger partial charge in [-0.05, 0) is 38.0 Å². The van der Waals surface area contributed by atoms with Gasteiger partial charge in [0.25, 0.3) is 0 Å². The van der Waals surface area contributed by atoms with Crippen LogP contribution in [-0.2, 0) is 19.1 Å². The molecular formula is C25H28N2O4. The van der Waals surface area contributed by atoms with Crippen LogP contribution < -0.4 is 10.2 Å². The lowest BCUT2D eigenvalue weighted by atomic mass is 9.77. The van der Waals surface area contributed by atoms with Gasteiger partial charge in [0, 0.05) is 6.04 Å². The van der Waals surface area contributed by atoms with Crippen LogP contribution in [0.5, 0.6) is 0 Å². The molecule has 6 heteroatoms. The molecule has 0 unspecified atom stereocenters. The Labute approximate surface area is 182 Å². The van der Waals surface area contributed by atoms with Crippen molar-refractivity contribution in [3.8, 4) is 0 Å². The normalized spacial score (nSPS) is 27.5. The molecule has 2 amide bonds. The number of nitrogens with one attached hydrogen (secondary N) is 1. The molecule has 2 heterocycles. The summed E-state index contributed by atoms with van der Waals surface area (Å²) in [6.45, 7) is 5.90. The van der Waals surface area contributed by atoms with Crippen molar-refractivity contribution in [3.05, 3.63) is 65.2 Å². The molecule has 2 aromatic carbocycles. The van der Waals surface area contributed by atoms with Gasteiger partial charge in [-0.15, -0.1) is 0 Å². The van der Waals surface area contributed by atoms with Gasteiger partial charge in [-0.3, -0.25) is 19.7 Å². The number of nitrogens with zero attached hydrogens (tertiary/aromatic N) is 1. The van der Waals surface area contributed by atoms with Crippen LogP contribution in [0, 0.1) is 25.7 Å². The Morgan fingerprint density at radius 2 is 1.58 bits per heavy atom. The second-order valence-electron chi connectivity index (χ2n) is 8.60. The molecule has 4 atom stereocenters. The second-order valence-corrected chi connectivity index (χ2v) is 8.60. The van der Waals surface area contributed by atoms with Crippen molar-refractivity contribution >= 4 is 23.5 Å². The Kier molecular flexibility index (Phi) is 5.43. The van der Waals surface area contributed by atoms with Crippen LogP contribution in [0.25, 0.3) is 0 Å². The number of aryl methyl sites for hydroxylation is 2. The molecule has 0 aliphatic carbocycles. The fourth-order valence-corrected chi connectivity index (χ4v) is 5.11. The first-order valence-corrected chi connectivity index (χ1v) is 10.7. The van der Waals surface area contributed by atoms with E-state index in [-0.39, 0.29) is 11.8 Å². The SMILES string of the molecule is CCC[C@@]1(C(=O)OC)N[C@@H](c2ccc(C)cc2)[C@H]2C(=O)N(c3ccc(C)cc3)C(=O)[C@H]21. The second kappa shape index (κ2) is 7.93. The molecule has 4 rings (SSSR count). The highest BCUT2D eigenvalue weighted by Gasteiger charge is 2.68. The molecule has 1 N–H and O–H groups in total. The molecule has 0 bridgehead atoms. The number of amides is 2. The van der Waals surface area contributed by atoms with Crippen molar-refractivity contribution in [2.75, 3.05) is 12.0 Å². The Hall–Kier alpha value is -2.99. The molecule has 2 saturated heterocycles. The summed E-state index contributed by atoms with van der Waals surface area (Å²) in [5, 5.41) is 3.39. The average molecular weight is 421 g/mol. The van der Waals surface area contributed by atoms with Crippen LogP contribution in [-0.4, -0.2) is 30.4 Å². The molecule has 0 radical (unpaired) electrons. The summed E-state index contributed by atoms with van der Waals surface area (Å²) >= 11 is 0. The van der Waals surface area contributed by atoms with Crippen molar-refractivity contribution < 1.29 is 19.1 Å². The average Bonchev–Trinajstić information content (AvgIpc) is 3.24. The number of carbonyl (C=O) groups excluding carboxylic acids is 3. The van der Waals surface area contributed by atoms with Gasteiger partial charge in [-0.25, -0.2) is 4.90 Å². The largest absolute Gasteiger partial charge is 0.468 e. The van der Waals surface area contributed by atoms with Gasteiger partial charge < -0.3 is 4.74 Å². The quantitative estimate of drug-likeness (QED) is 0.592. The molecule has 6 nitrogen and oxygen atoms in total. The maximum atomic E-state index is 13.7. The van der Waals surface area contributed by atoms with E-state index in [0.29, 0.717) is 18.5 Å². The highest BCUT2D eigenvalue weighted by molar-refractivity contribution is 6.24. The zero-order valence-electron chi connectivity index (χ0n) is 18.3. The first-order chi connectivity index (χ1) is 14.8. The predicted molar refractivity (Wildman–Crippen MR) is 117 cm³/mol. The zero-order chi connectivity index (χ0) is 22.3. The van der Waals surface area contributed by atoms with E-state index in [1.165, 1.54) is 12.0 Å². The van der Waals surface area contributed by atoms with E-state index >= 15 is 0 Å². The van der Waals surface area contributed by atoms with Gasteiger partial charge in [0.15, 0.2) is 0 Å². The molecule has 162 valence electrons. The first-order valence-electron chi connectivity index (χ1n) is 10.7. The summed E-state index contributed by atoms with van der Waals surface area (Å²) in [6.07, 6.45) is 1.07. The molecule has 2 aromatic rings. The molecule has 2 aliphatic rings. The smallest absolute Gasteiger partial charge is 0.326 e. The molecule has 2 aliphatic heterocycles. The van der Waals surface area contributed by atoms with Gasteiger partial charge in [0.1, 0.15) is 5.54 Å². The van der Waals surface area contributed by atoms with Gasteiger partial charge in [-0.1, -0.05) is 60.9 Å². The van der Waals surface area contributed by atoms with E-state index in [4.69, 9.17) is 4.74 Å². The summed E-state index contributed by atoms with van der Waals surface area (Å²) < 4.78 is 5.16. The zero-order valence-corrected chi connectivity index (χ0v) is 18.3. The van der Waals surface area contributed by atoms with E-state index in [9.17, 15) is 14.4 Å². The molecule has 0 aromatic heterocycles. The lowest BCUT2D eigenvalue weighted by Crippen LogP contribution is -2.56. The summed E-state index contributed by atoms with van der Waals surface area (Å²) in [6, 6.07) is 14.7. The number of fused-ring (bicyclic) bond motifs is 1. The number of esters is 1. The number of anilines is 1. The van der Waals surface area contributed by atoms with Crippen molar-refractivity contribution in [1.82, 2.24) is 5.32 Å². The number of benzene rings is 2. The van der Waals surface area contributed by atoms with Crippen molar-refractivity contribution in [1.29, 1.82) is 0 Å². The van der Waals surface area contributed by atoms with Gasteiger partial charge in [0.05, 0.1) is 24.6 Å². The topological polar surface area (TPSA) is 75.7 Å². The van der Waals surface area contributed by atoms with E-state index in [1.54, 1.807) is 12.1 Å². The lowest BCUT2D eigenvalue weighted by molar-refractivity contribution is -0.152. The Bertz CT molecular complexity index is 1010. The number of methoxy groups -OCH3 is 1. The Morgan fingerprint density at radius 1 is 1.00 bits per heavy atom. The van der Waals surface area contributed by atoms with Crippen molar-refractivity contribution in [2.45, 2.75) is 45.2 Å². The fourth-order valence-electron chi connectivity index (χ4n) is 5.11. The minimum Gasteiger partial charge on any atom is -0.468 e. The number of carbonyl (C=O) groups is 3. The van der Waals surface area contributed by atoms with Gasteiger partial charge in [0.2, 0.25) is 11.8 Å². The first kappa shape index (κ1) is 21.2. The van der Waals surface area contributed by atoms with E-state index in [1.807, 2.05) is 57.2 Å². The third-order valence-corrected chi connectivity index (χ3v) is 6.58. The summed E-state index contributed by atoms with van der Waals surface area (Å²) in [5.41, 5.74) is 2.32. The molecule has 2 fully saturated rings. The van der Waals surface area contributed by atoms with E-state index in [0.717, 1.165) is 16.7 Å². The summed E-state index contributed by atoms with van der Waals surface area (Å²) in [5.74, 6) is -2.62. The van der Waals surface area contributed by atoms with Crippen LogP contribution in [0.3, 0.4) is 0 Å². The maximum absolute atomic E-state index is 13.7. The standard InChI is InChI=1S/C25H28N2O4/c1-5-14-25(24(30)31-4)20-19(21(26-25)17-10-6-15(2)7-11-17)22(28)27(23(20)29)18-12-8-16(3)9-13-18/h6-13,19-21,26H,5,14H2,1-4H3/t19-,20-,21-,25+/m0/s1. The van der Waals surface area contributed by atoms with Gasteiger partial charge in [-0.2, -0.15) is 0 Å². The Balaban J connectivity index is 1.85. The molecule has 0 saturated carbocycles. The van der Waals surface area contributed by atoms with Crippen molar-refractivity contribution in [3.63, 3.8) is 0 Å². The van der Waals surface area contributed by atoms with Crippen molar-refractivity contribution in [2.24, 2.45) is 11.8 Å². The summed E-state index contributed by atoms with van der Waals surface area (Å²) in [7, 11) is 1.33. The third-order valence-electron chi connectivity index (χ3n) is 6.58. The number of hydrogen-bond donors (Lipinski definition) is 1. The van der Waals surface area contributed by atoms with Crippen LogP contribution >= 0.6 is 0 Å². The minimum atomic E-state index is -1.24. The third kappa shape index (κ3) is 3.26. The number of imide groups is 1. The highest BCUT2D eigenvalue weighted by atomic mass is 16.5. The fraction of sp³-hybridized carbons (Fsp3) is 0.400. The monoisotopic (exact) mass is 420 g/mol. The van der Waals surface area contributed by atoms with E-state index in [2.05, 4.69) is 5.32 Å².